The molecule has 0 aliphatic carbocycles. The maximum absolute atomic E-state index is 12.5. The zero-order valence-electron chi connectivity index (χ0n) is 15.9. The van der Waals surface area contributed by atoms with E-state index in [1.165, 1.54) is 5.56 Å². The van der Waals surface area contributed by atoms with Gasteiger partial charge in [-0.05, 0) is 36.3 Å². The molecule has 0 unspecified atom stereocenters. The highest BCUT2D eigenvalue weighted by Gasteiger charge is 2.12. The fourth-order valence-corrected chi connectivity index (χ4v) is 3.03. The Kier molecular flexibility index (Phi) is 6.38. The Labute approximate surface area is 166 Å². The first kappa shape index (κ1) is 19.1. The summed E-state index contributed by atoms with van der Waals surface area (Å²) in [5.41, 5.74) is 3.85. The second-order valence-corrected chi connectivity index (χ2v) is 6.46. The highest BCUT2D eigenvalue weighted by Crippen LogP contribution is 2.20. The van der Waals surface area contributed by atoms with Gasteiger partial charge in [0.2, 0.25) is 5.78 Å². The average Bonchev–Trinajstić information content (AvgIpc) is 2.77. The van der Waals surface area contributed by atoms with Gasteiger partial charge in [0.1, 0.15) is 11.6 Å². The number of carbonyl (C=O) groups excluding carboxylic acids is 1. The number of nitriles is 1. The summed E-state index contributed by atoms with van der Waals surface area (Å²) in [7, 11) is 0. The van der Waals surface area contributed by atoms with E-state index in [1.54, 1.807) is 30.3 Å². The summed E-state index contributed by atoms with van der Waals surface area (Å²) in [4.78, 5) is 14.8. The molecule has 0 saturated heterocycles. The number of anilines is 1. The van der Waals surface area contributed by atoms with Gasteiger partial charge in [0.25, 0.3) is 0 Å². The topological polar surface area (TPSA) is 44.1 Å². The predicted octanol–water partition coefficient (Wildman–Crippen LogP) is 5.50. The highest BCUT2D eigenvalue weighted by atomic mass is 16.1. The number of nitrogens with zero attached hydrogens (tertiary/aromatic N) is 2. The summed E-state index contributed by atoms with van der Waals surface area (Å²) in [6.45, 7) is 3.85. The lowest BCUT2D eigenvalue weighted by atomic mass is 10.0. The van der Waals surface area contributed by atoms with E-state index in [0.29, 0.717) is 5.56 Å². The third kappa shape index (κ3) is 4.75. The zero-order valence-corrected chi connectivity index (χ0v) is 15.9. The summed E-state index contributed by atoms with van der Waals surface area (Å²) in [5, 5.41) is 9.42. The van der Waals surface area contributed by atoms with E-state index in [4.69, 9.17) is 0 Å². The van der Waals surface area contributed by atoms with Gasteiger partial charge in [-0.25, -0.2) is 0 Å². The van der Waals surface area contributed by atoms with Crippen LogP contribution in [0.3, 0.4) is 0 Å². The molecular formula is C25H22N2O. The minimum atomic E-state index is -0.258. The van der Waals surface area contributed by atoms with Crippen LogP contribution in [-0.2, 0) is 6.54 Å². The molecule has 0 aliphatic rings. The van der Waals surface area contributed by atoms with E-state index in [2.05, 4.69) is 24.0 Å². The summed E-state index contributed by atoms with van der Waals surface area (Å²) < 4.78 is 0. The van der Waals surface area contributed by atoms with Crippen LogP contribution in [0.5, 0.6) is 0 Å². The van der Waals surface area contributed by atoms with E-state index in [9.17, 15) is 10.1 Å². The quantitative estimate of drug-likeness (QED) is 0.315. The zero-order chi connectivity index (χ0) is 19.8. The molecule has 3 heteroatoms. The average molecular weight is 366 g/mol. The van der Waals surface area contributed by atoms with E-state index in [1.807, 2.05) is 54.6 Å². The van der Waals surface area contributed by atoms with Crippen LogP contribution >= 0.6 is 0 Å². The molecular weight excluding hydrogens is 344 g/mol. The lowest BCUT2D eigenvalue weighted by Gasteiger charge is -2.23. The number of Topliss-reactive ketones (excluding diaryl/α,β-unsaturated/α-hetero) is 1. The molecule has 0 saturated carbocycles. The number of ketones is 1. The van der Waals surface area contributed by atoms with E-state index in [-0.39, 0.29) is 11.4 Å². The predicted molar refractivity (Wildman–Crippen MR) is 114 cm³/mol. The molecule has 3 rings (SSSR count). The van der Waals surface area contributed by atoms with Crippen LogP contribution in [0.1, 0.15) is 28.4 Å². The monoisotopic (exact) mass is 366 g/mol. The van der Waals surface area contributed by atoms with Crippen LogP contribution < -0.4 is 4.90 Å². The Morgan fingerprint density at radius 2 is 1.54 bits per heavy atom. The van der Waals surface area contributed by atoms with Gasteiger partial charge in [0.15, 0.2) is 0 Å². The van der Waals surface area contributed by atoms with E-state index in [0.717, 1.165) is 24.3 Å². The molecule has 0 heterocycles. The number of benzene rings is 3. The van der Waals surface area contributed by atoms with Gasteiger partial charge in [-0.1, -0.05) is 72.8 Å². The second kappa shape index (κ2) is 9.34. The molecule has 3 aromatic carbocycles. The molecule has 0 fully saturated rings. The molecule has 138 valence electrons. The fraction of sp³-hybridized carbons (Fsp3) is 0.120. The number of rotatable bonds is 7. The van der Waals surface area contributed by atoms with Crippen molar-refractivity contribution in [2.75, 3.05) is 11.4 Å². The summed E-state index contributed by atoms with van der Waals surface area (Å²) in [5.74, 6) is -0.258. The maximum atomic E-state index is 12.5. The largest absolute Gasteiger partial charge is 0.367 e. The normalized spacial score (nSPS) is 10.9. The van der Waals surface area contributed by atoms with Crippen LogP contribution in [0.4, 0.5) is 5.69 Å². The number of hydrogen-bond donors (Lipinski definition) is 0. The van der Waals surface area contributed by atoms with Crippen LogP contribution in [0.25, 0.3) is 6.08 Å². The van der Waals surface area contributed by atoms with Crippen LogP contribution in [0.2, 0.25) is 0 Å². The van der Waals surface area contributed by atoms with Crippen molar-refractivity contribution in [1.29, 1.82) is 5.26 Å². The van der Waals surface area contributed by atoms with Crippen molar-refractivity contribution in [3.05, 3.63) is 107 Å². The van der Waals surface area contributed by atoms with Crippen molar-refractivity contribution in [1.82, 2.24) is 0 Å². The minimum Gasteiger partial charge on any atom is -0.367 e. The first-order valence-electron chi connectivity index (χ1n) is 9.31. The molecule has 3 nitrogen and oxygen atoms in total. The Hall–Kier alpha value is -3.64. The molecule has 0 N–H and O–H groups in total. The molecule has 0 radical (unpaired) electrons. The van der Waals surface area contributed by atoms with Crippen LogP contribution in [-0.4, -0.2) is 12.3 Å². The fourth-order valence-electron chi connectivity index (χ4n) is 3.03. The molecule has 0 atom stereocenters. The Balaban J connectivity index is 1.78. The first-order chi connectivity index (χ1) is 13.7. The van der Waals surface area contributed by atoms with Crippen molar-refractivity contribution in [2.24, 2.45) is 0 Å². The summed E-state index contributed by atoms with van der Waals surface area (Å²) >= 11 is 0. The summed E-state index contributed by atoms with van der Waals surface area (Å²) in [6.07, 6.45) is 1.65. The van der Waals surface area contributed by atoms with Crippen molar-refractivity contribution in [3.63, 3.8) is 0 Å². The van der Waals surface area contributed by atoms with Gasteiger partial charge in [-0.3, -0.25) is 4.79 Å². The Bertz CT molecular complexity index is 984. The van der Waals surface area contributed by atoms with Crippen molar-refractivity contribution >= 4 is 17.5 Å². The summed E-state index contributed by atoms with van der Waals surface area (Å²) in [6, 6.07) is 29.2. The SMILES string of the molecule is CCN(Cc1ccccc1)c1ccc(C=C(C#N)C(=O)c2ccccc2)cc1. The third-order valence-electron chi connectivity index (χ3n) is 4.57. The molecule has 0 bridgehead atoms. The Morgan fingerprint density at radius 1 is 0.929 bits per heavy atom. The molecule has 28 heavy (non-hydrogen) atoms. The molecule has 0 aliphatic heterocycles. The highest BCUT2D eigenvalue weighted by molar-refractivity contribution is 6.14. The number of carbonyl (C=O) groups is 1. The van der Waals surface area contributed by atoms with E-state index < -0.39 is 0 Å². The number of allylic oxidation sites excluding steroid dienone is 1. The van der Waals surface area contributed by atoms with Gasteiger partial charge < -0.3 is 4.90 Å². The molecule has 0 amide bonds. The van der Waals surface area contributed by atoms with Gasteiger partial charge in [-0.15, -0.1) is 0 Å². The van der Waals surface area contributed by atoms with Gasteiger partial charge in [0.05, 0.1) is 0 Å². The molecule has 0 spiro atoms. The molecule has 3 aromatic rings. The second-order valence-electron chi connectivity index (χ2n) is 6.46. The lowest BCUT2D eigenvalue weighted by Crippen LogP contribution is -2.21. The van der Waals surface area contributed by atoms with Crippen molar-refractivity contribution < 1.29 is 4.79 Å². The minimum absolute atomic E-state index is 0.135. The third-order valence-corrected chi connectivity index (χ3v) is 4.57. The Morgan fingerprint density at radius 3 is 2.11 bits per heavy atom. The van der Waals surface area contributed by atoms with Gasteiger partial charge >= 0.3 is 0 Å². The maximum Gasteiger partial charge on any atom is 0.203 e. The van der Waals surface area contributed by atoms with Crippen LogP contribution in [0.15, 0.2) is 90.5 Å². The van der Waals surface area contributed by atoms with Crippen LogP contribution in [0, 0.1) is 11.3 Å². The van der Waals surface area contributed by atoms with Crippen molar-refractivity contribution in [2.45, 2.75) is 13.5 Å². The smallest absolute Gasteiger partial charge is 0.203 e. The standard InChI is InChI=1S/C25H22N2O/c1-2-27(19-21-9-5-3-6-10-21)24-15-13-20(14-16-24)17-23(18-26)25(28)22-11-7-4-8-12-22/h3-17H,2,19H2,1H3. The van der Waals surface area contributed by atoms with Crippen molar-refractivity contribution in [3.8, 4) is 6.07 Å². The molecule has 0 aromatic heterocycles. The van der Waals surface area contributed by atoms with Gasteiger partial charge in [0, 0.05) is 24.3 Å². The first-order valence-corrected chi connectivity index (χ1v) is 9.31. The van der Waals surface area contributed by atoms with E-state index >= 15 is 0 Å². The lowest BCUT2D eigenvalue weighted by molar-refractivity contribution is 0.104. The number of hydrogen-bond acceptors (Lipinski definition) is 3. The van der Waals surface area contributed by atoms with Gasteiger partial charge in [-0.2, -0.15) is 5.26 Å².